The van der Waals surface area contributed by atoms with Crippen molar-refractivity contribution in [3.05, 3.63) is 65.2 Å². The van der Waals surface area contributed by atoms with E-state index in [1.807, 2.05) is 0 Å². The number of ether oxygens (including phenoxy) is 2. The van der Waals surface area contributed by atoms with E-state index in [0.29, 0.717) is 44.1 Å². The summed E-state index contributed by atoms with van der Waals surface area (Å²) < 4.78 is 38.7. The molecule has 1 unspecified atom stereocenters. The van der Waals surface area contributed by atoms with Crippen molar-refractivity contribution >= 4 is 39.1 Å². The van der Waals surface area contributed by atoms with Gasteiger partial charge in [-0.1, -0.05) is 30.3 Å². The van der Waals surface area contributed by atoms with Crippen LogP contribution in [0.5, 0.6) is 0 Å². The van der Waals surface area contributed by atoms with Crippen LogP contribution < -0.4 is 4.90 Å². The Morgan fingerprint density at radius 1 is 0.905 bits per heavy atom. The van der Waals surface area contributed by atoms with Gasteiger partial charge in [-0.25, -0.2) is 8.42 Å². The number of Topliss-reactive ketones (excluding diaryl/α,β-unsaturated/α-hetero) is 1. The Labute approximate surface area is 243 Å². The van der Waals surface area contributed by atoms with Gasteiger partial charge in [-0.2, -0.15) is 4.31 Å². The number of likely N-dealkylation sites (tertiary alicyclic amines) is 1. The molecule has 13 heteroatoms. The number of sulfonamides is 1. The van der Waals surface area contributed by atoms with Gasteiger partial charge in [-0.3, -0.25) is 19.3 Å². The van der Waals surface area contributed by atoms with E-state index in [1.165, 1.54) is 38.4 Å². The van der Waals surface area contributed by atoms with E-state index in [9.17, 15) is 27.9 Å². The molecule has 6 rings (SSSR count). The number of anilines is 1. The predicted octanol–water partition coefficient (Wildman–Crippen LogP) is 0.592. The summed E-state index contributed by atoms with van der Waals surface area (Å²) in [5, 5.41) is 11.8. The lowest BCUT2D eigenvalue weighted by Gasteiger charge is -2.36. The fourth-order valence-electron chi connectivity index (χ4n) is 6.22. The van der Waals surface area contributed by atoms with E-state index in [0.717, 1.165) is 0 Å². The van der Waals surface area contributed by atoms with Crippen LogP contribution in [0.4, 0.5) is 5.69 Å². The molecule has 3 fully saturated rings. The van der Waals surface area contributed by atoms with Gasteiger partial charge < -0.3 is 24.4 Å². The second kappa shape index (κ2) is 10.9. The van der Waals surface area contributed by atoms with E-state index < -0.39 is 38.9 Å². The fraction of sp³-hybridized carbons (Fsp3) is 0.414. The number of ketones is 1. The molecule has 42 heavy (non-hydrogen) atoms. The topological polar surface area (TPSA) is 137 Å². The maximum absolute atomic E-state index is 14.2. The Morgan fingerprint density at radius 2 is 1.57 bits per heavy atom. The van der Waals surface area contributed by atoms with Crippen molar-refractivity contribution in [1.29, 1.82) is 0 Å². The van der Waals surface area contributed by atoms with Crippen molar-refractivity contribution in [1.82, 2.24) is 14.1 Å². The number of aliphatic hydroxyl groups is 1. The monoisotopic (exact) mass is 596 g/mol. The highest BCUT2D eigenvalue weighted by Gasteiger charge is 2.66. The third-order valence-corrected chi connectivity index (χ3v) is 10.3. The summed E-state index contributed by atoms with van der Waals surface area (Å²) in [6.07, 6.45) is 0. The molecule has 1 atom stereocenters. The highest BCUT2D eigenvalue weighted by Crippen LogP contribution is 2.53. The van der Waals surface area contributed by atoms with Crippen LogP contribution in [0.1, 0.15) is 11.1 Å². The molecule has 4 heterocycles. The van der Waals surface area contributed by atoms with Gasteiger partial charge in [-0.15, -0.1) is 0 Å². The minimum Gasteiger partial charge on any atom is -0.507 e. The number of amides is 2. The third kappa shape index (κ3) is 4.34. The number of fused-ring (bicyclic) bond motifs is 2. The number of likely N-dealkylation sites (N-methyl/N-ethyl adjacent to an activating group) is 1. The minimum absolute atomic E-state index is 0.00900. The van der Waals surface area contributed by atoms with Gasteiger partial charge in [0.05, 0.1) is 36.9 Å². The summed E-state index contributed by atoms with van der Waals surface area (Å²) in [5.74, 6) is -3.07. The normalized spacial score (nSPS) is 25.0. The molecule has 4 aliphatic rings. The van der Waals surface area contributed by atoms with Crippen LogP contribution in [-0.2, 0) is 39.4 Å². The summed E-state index contributed by atoms with van der Waals surface area (Å²) in [6.45, 7) is 3.72. The molecule has 0 aliphatic carbocycles. The van der Waals surface area contributed by atoms with E-state index in [2.05, 4.69) is 4.90 Å². The lowest BCUT2D eigenvalue weighted by molar-refractivity contribution is -0.144. The first-order chi connectivity index (χ1) is 20.2. The van der Waals surface area contributed by atoms with Gasteiger partial charge in [0.15, 0.2) is 5.54 Å². The second-order valence-corrected chi connectivity index (χ2v) is 12.5. The molecular formula is C29H32N4O8S. The summed E-state index contributed by atoms with van der Waals surface area (Å²) in [6, 6.07) is 12.5. The summed E-state index contributed by atoms with van der Waals surface area (Å²) in [4.78, 5) is 46.3. The van der Waals surface area contributed by atoms with Crippen molar-refractivity contribution in [2.75, 3.05) is 77.6 Å². The smallest absolute Gasteiger partial charge is 0.296 e. The highest BCUT2D eigenvalue weighted by molar-refractivity contribution is 7.89. The van der Waals surface area contributed by atoms with Crippen molar-refractivity contribution in [2.45, 2.75) is 10.4 Å². The minimum atomic E-state index is -3.93. The van der Waals surface area contributed by atoms with E-state index >= 15 is 0 Å². The maximum Gasteiger partial charge on any atom is 0.296 e. The number of carbonyl (C=O) groups is 3. The lowest BCUT2D eigenvalue weighted by Crippen LogP contribution is -2.53. The number of para-hydroxylation sites is 1. The zero-order chi connectivity index (χ0) is 29.6. The number of rotatable bonds is 6. The molecule has 12 nitrogen and oxygen atoms in total. The Balaban J connectivity index is 1.49. The number of hydrogen-bond donors (Lipinski definition) is 1. The van der Waals surface area contributed by atoms with Crippen molar-refractivity contribution in [3.8, 4) is 0 Å². The first-order valence-corrected chi connectivity index (χ1v) is 15.3. The third-order valence-electron chi connectivity index (χ3n) is 8.40. The maximum atomic E-state index is 14.2. The molecule has 0 radical (unpaired) electrons. The van der Waals surface area contributed by atoms with Crippen molar-refractivity contribution in [2.24, 2.45) is 0 Å². The zero-order valence-electron chi connectivity index (χ0n) is 23.2. The fourth-order valence-corrected chi connectivity index (χ4v) is 7.68. The molecule has 1 N–H and O–H groups in total. The molecule has 2 aromatic carbocycles. The molecule has 4 aliphatic heterocycles. The van der Waals surface area contributed by atoms with Crippen LogP contribution in [0.3, 0.4) is 0 Å². The zero-order valence-corrected chi connectivity index (χ0v) is 24.0. The van der Waals surface area contributed by atoms with Crippen LogP contribution >= 0.6 is 0 Å². The van der Waals surface area contributed by atoms with E-state index in [-0.39, 0.29) is 48.9 Å². The number of carbonyl (C=O) groups excluding carboxylic acids is 3. The molecule has 222 valence electrons. The van der Waals surface area contributed by atoms with Gasteiger partial charge >= 0.3 is 0 Å². The Bertz CT molecular complexity index is 1580. The van der Waals surface area contributed by atoms with Crippen LogP contribution in [0, 0.1) is 0 Å². The molecule has 3 saturated heterocycles. The highest BCUT2D eigenvalue weighted by atomic mass is 32.2. The second-order valence-electron chi connectivity index (χ2n) is 10.6. The van der Waals surface area contributed by atoms with E-state index in [1.54, 1.807) is 31.3 Å². The molecule has 0 saturated carbocycles. The number of nitrogens with zero attached hydrogens (tertiary/aromatic N) is 4. The molecule has 2 aromatic rings. The summed E-state index contributed by atoms with van der Waals surface area (Å²) >= 11 is 0. The van der Waals surface area contributed by atoms with Crippen molar-refractivity contribution < 1.29 is 37.4 Å². The van der Waals surface area contributed by atoms with E-state index in [4.69, 9.17) is 9.47 Å². The van der Waals surface area contributed by atoms with Crippen LogP contribution in [0.15, 0.2) is 59.0 Å². The summed E-state index contributed by atoms with van der Waals surface area (Å²) in [7, 11) is -2.36. The largest absolute Gasteiger partial charge is 0.507 e. The molecule has 0 bridgehead atoms. The predicted molar refractivity (Wildman–Crippen MR) is 151 cm³/mol. The first-order valence-electron chi connectivity index (χ1n) is 13.8. The van der Waals surface area contributed by atoms with Gasteiger partial charge in [-0.05, 0) is 18.2 Å². The lowest BCUT2D eigenvalue weighted by atomic mass is 9.82. The van der Waals surface area contributed by atoms with Gasteiger partial charge in [0.2, 0.25) is 10.0 Å². The Hall–Kier alpha value is -3.62. The van der Waals surface area contributed by atoms with Crippen LogP contribution in [-0.4, -0.2) is 118 Å². The van der Waals surface area contributed by atoms with Gasteiger partial charge in [0.25, 0.3) is 17.6 Å². The van der Waals surface area contributed by atoms with Crippen molar-refractivity contribution in [3.63, 3.8) is 0 Å². The molecule has 1 spiro atoms. The standard InChI is InChI=1S/C29H32N4O8S/c1-30-23-8-3-2-7-22(23)29(28(30)37)24(26(35)27(36)33(29)10-9-31-11-15-40-16-12-31)25(34)20-5-4-6-21(19-20)42(38,39)32-13-17-41-18-14-32/h2-8,19,34H,9-18H2,1H3/b25-24+. The molecule has 0 aromatic heterocycles. The number of aliphatic hydroxyl groups excluding tert-OH is 1. The number of benzene rings is 2. The number of hydrogen-bond acceptors (Lipinski definition) is 9. The Kier molecular flexibility index (Phi) is 7.39. The quantitative estimate of drug-likeness (QED) is 0.289. The first kappa shape index (κ1) is 28.5. The van der Waals surface area contributed by atoms with Crippen LogP contribution in [0.25, 0.3) is 5.76 Å². The molecular weight excluding hydrogens is 564 g/mol. The van der Waals surface area contributed by atoms with Gasteiger partial charge in [0.1, 0.15) is 5.76 Å². The number of morpholine rings is 2. The molecule has 2 amide bonds. The average Bonchev–Trinajstić information content (AvgIpc) is 3.38. The summed E-state index contributed by atoms with van der Waals surface area (Å²) in [5.41, 5.74) is -1.37. The SMILES string of the molecule is CN1C(=O)C2(/C(=C(/O)c3cccc(S(=O)(=O)N4CCOCC4)c3)C(=O)C(=O)N2CCN2CCOCC2)c2ccccc21. The van der Waals surface area contributed by atoms with Crippen LogP contribution in [0.2, 0.25) is 0 Å². The van der Waals surface area contributed by atoms with Gasteiger partial charge in [0, 0.05) is 63.1 Å². The Morgan fingerprint density at radius 3 is 2.29 bits per heavy atom. The average molecular weight is 597 g/mol.